The van der Waals surface area contributed by atoms with Crippen LogP contribution in [0, 0.1) is 6.92 Å². The Morgan fingerprint density at radius 1 is 1.25 bits per heavy atom. The Kier molecular flexibility index (Phi) is 4.42. The molecule has 0 spiro atoms. The Morgan fingerprint density at radius 3 is 2.75 bits per heavy atom. The maximum atomic E-state index is 13.0. The zero-order valence-electron chi connectivity index (χ0n) is 16.4. The molecule has 0 fully saturated rings. The van der Waals surface area contributed by atoms with Crippen molar-refractivity contribution in [2.45, 2.75) is 26.9 Å². The maximum absolute atomic E-state index is 13.0. The normalized spacial score (nSPS) is 11.3. The third-order valence-electron chi connectivity index (χ3n) is 4.69. The lowest BCUT2D eigenvalue weighted by atomic mass is 10.2. The van der Waals surface area contributed by atoms with Crippen LogP contribution < -0.4 is 0 Å². The van der Waals surface area contributed by atoms with Gasteiger partial charge in [0.05, 0.1) is 29.8 Å². The van der Waals surface area contributed by atoms with Crippen LogP contribution in [0.5, 0.6) is 0 Å². The van der Waals surface area contributed by atoms with Gasteiger partial charge in [0.1, 0.15) is 5.56 Å². The molecule has 0 radical (unpaired) electrons. The van der Waals surface area contributed by atoms with E-state index in [9.17, 15) is 4.79 Å². The minimum Gasteiger partial charge on any atom is -0.336 e. The molecule has 9 nitrogen and oxygen atoms in total. The number of aryl methyl sites for hydroxylation is 3. The summed E-state index contributed by atoms with van der Waals surface area (Å²) in [5.74, 6) is -0.147. The highest BCUT2D eigenvalue weighted by Crippen LogP contribution is 2.24. The van der Waals surface area contributed by atoms with Crippen molar-refractivity contribution in [1.82, 2.24) is 39.1 Å². The van der Waals surface area contributed by atoms with Gasteiger partial charge in [-0.3, -0.25) is 14.2 Å². The van der Waals surface area contributed by atoms with E-state index in [-0.39, 0.29) is 5.91 Å². The van der Waals surface area contributed by atoms with Gasteiger partial charge in [0, 0.05) is 44.8 Å². The van der Waals surface area contributed by atoms with E-state index in [1.165, 1.54) is 0 Å². The average molecular weight is 378 g/mol. The van der Waals surface area contributed by atoms with Crippen molar-refractivity contribution in [3.05, 3.63) is 53.9 Å². The fourth-order valence-electron chi connectivity index (χ4n) is 3.25. The van der Waals surface area contributed by atoms with Gasteiger partial charge in [-0.25, -0.2) is 9.50 Å². The molecule has 0 bridgehead atoms. The Labute approximate surface area is 162 Å². The van der Waals surface area contributed by atoms with E-state index >= 15 is 0 Å². The van der Waals surface area contributed by atoms with Gasteiger partial charge in [0.2, 0.25) is 0 Å². The van der Waals surface area contributed by atoms with E-state index < -0.39 is 0 Å². The third kappa shape index (κ3) is 3.04. The average Bonchev–Trinajstić information content (AvgIpc) is 3.39. The predicted octanol–water partition coefficient (Wildman–Crippen LogP) is 1.93. The molecular formula is C19H22N8O. The summed E-state index contributed by atoms with van der Waals surface area (Å²) in [5, 5.41) is 13.3. The van der Waals surface area contributed by atoms with Gasteiger partial charge in [0.25, 0.3) is 5.91 Å². The molecule has 0 aliphatic rings. The summed E-state index contributed by atoms with van der Waals surface area (Å²) in [4.78, 5) is 19.0. The lowest BCUT2D eigenvalue weighted by Gasteiger charge is -2.14. The first-order chi connectivity index (χ1) is 13.5. The summed E-state index contributed by atoms with van der Waals surface area (Å²) in [6, 6.07) is 3.78. The fourth-order valence-corrected chi connectivity index (χ4v) is 3.25. The topological polar surface area (TPSA) is 86.1 Å². The van der Waals surface area contributed by atoms with Gasteiger partial charge in [-0.2, -0.15) is 15.3 Å². The number of amides is 1. The van der Waals surface area contributed by atoms with E-state index in [1.807, 2.05) is 50.1 Å². The molecule has 0 aliphatic heterocycles. The zero-order chi connectivity index (χ0) is 19.8. The molecule has 4 heterocycles. The summed E-state index contributed by atoms with van der Waals surface area (Å²) in [7, 11) is 3.60. The van der Waals surface area contributed by atoms with E-state index in [2.05, 4.69) is 20.3 Å². The number of hydrogen-bond acceptors (Lipinski definition) is 5. The number of fused-ring (bicyclic) bond motifs is 1. The van der Waals surface area contributed by atoms with Crippen LogP contribution >= 0.6 is 0 Å². The van der Waals surface area contributed by atoms with Gasteiger partial charge in [-0.05, 0) is 26.0 Å². The second kappa shape index (κ2) is 6.91. The molecule has 1 amide bonds. The lowest BCUT2D eigenvalue weighted by molar-refractivity contribution is 0.0785. The molecule has 144 valence electrons. The SMILES string of the molecule is CCn1cc(-c2ccnc3c(C(=O)N(C)Cc4ccn(C)n4)cnn23)c(C)n1. The molecule has 4 aromatic heterocycles. The van der Waals surface area contributed by atoms with Crippen molar-refractivity contribution < 1.29 is 4.79 Å². The number of carbonyl (C=O) groups is 1. The predicted molar refractivity (Wildman–Crippen MR) is 104 cm³/mol. The smallest absolute Gasteiger partial charge is 0.259 e. The summed E-state index contributed by atoms with van der Waals surface area (Å²) in [6.45, 7) is 5.21. The highest BCUT2D eigenvalue weighted by molar-refractivity contribution is 5.99. The maximum Gasteiger partial charge on any atom is 0.259 e. The largest absolute Gasteiger partial charge is 0.336 e. The minimum atomic E-state index is -0.147. The van der Waals surface area contributed by atoms with Crippen molar-refractivity contribution in [2.75, 3.05) is 7.05 Å². The summed E-state index contributed by atoms with van der Waals surface area (Å²) >= 11 is 0. The number of carbonyl (C=O) groups excluding carboxylic acids is 1. The summed E-state index contributed by atoms with van der Waals surface area (Å²) < 4.78 is 5.30. The minimum absolute atomic E-state index is 0.147. The zero-order valence-corrected chi connectivity index (χ0v) is 16.4. The third-order valence-corrected chi connectivity index (χ3v) is 4.69. The van der Waals surface area contributed by atoms with Crippen LogP contribution in [0.15, 0.2) is 36.9 Å². The van der Waals surface area contributed by atoms with Crippen molar-refractivity contribution in [2.24, 2.45) is 7.05 Å². The number of nitrogens with zero attached hydrogens (tertiary/aromatic N) is 8. The van der Waals surface area contributed by atoms with Crippen molar-refractivity contribution in [3.8, 4) is 11.3 Å². The van der Waals surface area contributed by atoms with Crippen LogP contribution in [0.2, 0.25) is 0 Å². The number of rotatable bonds is 5. The molecule has 28 heavy (non-hydrogen) atoms. The van der Waals surface area contributed by atoms with Crippen LogP contribution in [-0.4, -0.2) is 52.0 Å². The second-order valence-corrected chi connectivity index (χ2v) is 6.75. The van der Waals surface area contributed by atoms with Gasteiger partial charge >= 0.3 is 0 Å². The molecule has 9 heteroatoms. The molecule has 0 unspecified atom stereocenters. The molecule has 0 atom stereocenters. The Balaban J connectivity index is 1.69. The molecule has 4 rings (SSSR count). The Hall–Kier alpha value is -3.49. The van der Waals surface area contributed by atoms with Gasteiger partial charge in [0.15, 0.2) is 5.65 Å². The van der Waals surface area contributed by atoms with Gasteiger partial charge in [-0.15, -0.1) is 0 Å². The Bertz CT molecular complexity index is 1150. The highest BCUT2D eigenvalue weighted by Gasteiger charge is 2.21. The Morgan fingerprint density at radius 2 is 2.07 bits per heavy atom. The van der Waals surface area contributed by atoms with E-state index in [0.717, 1.165) is 29.2 Å². The highest BCUT2D eigenvalue weighted by atomic mass is 16.2. The van der Waals surface area contributed by atoms with Crippen LogP contribution in [0.4, 0.5) is 0 Å². The van der Waals surface area contributed by atoms with Crippen LogP contribution in [0.3, 0.4) is 0 Å². The lowest BCUT2D eigenvalue weighted by Crippen LogP contribution is -2.26. The van der Waals surface area contributed by atoms with Crippen LogP contribution in [0.1, 0.15) is 28.7 Å². The van der Waals surface area contributed by atoms with E-state index in [1.54, 1.807) is 33.5 Å². The molecular weight excluding hydrogens is 356 g/mol. The quantitative estimate of drug-likeness (QED) is 0.530. The number of aromatic nitrogens is 7. The molecule has 0 saturated carbocycles. The molecule has 0 aromatic carbocycles. The summed E-state index contributed by atoms with van der Waals surface area (Å²) in [5.41, 5.74) is 4.54. The standard InChI is InChI=1S/C19H22N8O/c1-5-26-12-16(13(2)22-26)17-6-8-20-18-15(10-21-27(17)18)19(28)24(3)11-14-7-9-25(4)23-14/h6-10,12H,5,11H2,1-4H3. The van der Waals surface area contributed by atoms with Crippen LogP contribution in [-0.2, 0) is 20.1 Å². The van der Waals surface area contributed by atoms with Crippen molar-refractivity contribution in [1.29, 1.82) is 0 Å². The first-order valence-corrected chi connectivity index (χ1v) is 9.09. The molecule has 4 aromatic rings. The van der Waals surface area contributed by atoms with E-state index in [4.69, 9.17) is 0 Å². The summed E-state index contributed by atoms with van der Waals surface area (Å²) in [6.07, 6.45) is 7.11. The van der Waals surface area contributed by atoms with E-state index in [0.29, 0.717) is 17.8 Å². The first kappa shape index (κ1) is 17.9. The van der Waals surface area contributed by atoms with Gasteiger partial charge in [-0.1, -0.05) is 0 Å². The fraction of sp³-hybridized carbons (Fsp3) is 0.316. The molecule has 0 saturated heterocycles. The number of hydrogen-bond donors (Lipinski definition) is 0. The molecule has 0 aliphatic carbocycles. The van der Waals surface area contributed by atoms with Crippen LogP contribution in [0.25, 0.3) is 16.9 Å². The van der Waals surface area contributed by atoms with Crippen molar-refractivity contribution >= 4 is 11.6 Å². The second-order valence-electron chi connectivity index (χ2n) is 6.75. The monoisotopic (exact) mass is 378 g/mol. The van der Waals surface area contributed by atoms with Crippen molar-refractivity contribution in [3.63, 3.8) is 0 Å². The first-order valence-electron chi connectivity index (χ1n) is 9.09. The van der Waals surface area contributed by atoms with Gasteiger partial charge < -0.3 is 4.90 Å². The molecule has 0 N–H and O–H groups in total.